The summed E-state index contributed by atoms with van der Waals surface area (Å²) in [6, 6.07) is 0.628. The molecule has 0 saturated carbocycles. The SMILES string of the molecule is CCN1CCC(C(C)NCCCC(C)O)CC1. The Morgan fingerprint density at radius 1 is 1.29 bits per heavy atom. The van der Waals surface area contributed by atoms with Gasteiger partial charge in [-0.1, -0.05) is 6.92 Å². The van der Waals surface area contributed by atoms with Gasteiger partial charge in [0.2, 0.25) is 0 Å². The third-order valence-electron chi connectivity index (χ3n) is 4.05. The van der Waals surface area contributed by atoms with Gasteiger partial charge in [0.05, 0.1) is 6.10 Å². The number of nitrogens with zero attached hydrogens (tertiary/aromatic N) is 1. The van der Waals surface area contributed by atoms with Gasteiger partial charge in [-0.15, -0.1) is 0 Å². The van der Waals surface area contributed by atoms with Gasteiger partial charge in [0.1, 0.15) is 0 Å². The zero-order chi connectivity index (χ0) is 12.7. The van der Waals surface area contributed by atoms with Crippen molar-refractivity contribution < 1.29 is 5.11 Å². The lowest BCUT2D eigenvalue weighted by Crippen LogP contribution is -2.42. The molecule has 2 unspecified atom stereocenters. The van der Waals surface area contributed by atoms with Crippen molar-refractivity contribution in [3.05, 3.63) is 0 Å². The molecule has 102 valence electrons. The number of hydrogen-bond acceptors (Lipinski definition) is 3. The van der Waals surface area contributed by atoms with E-state index in [1.807, 2.05) is 6.92 Å². The molecule has 2 N–H and O–H groups in total. The summed E-state index contributed by atoms with van der Waals surface area (Å²) < 4.78 is 0. The number of piperidine rings is 1. The molecule has 2 atom stereocenters. The highest BCUT2D eigenvalue weighted by Gasteiger charge is 2.22. The molecule has 1 saturated heterocycles. The van der Waals surface area contributed by atoms with E-state index in [0.29, 0.717) is 6.04 Å². The molecular weight excluding hydrogens is 212 g/mol. The average Bonchev–Trinajstić information content (AvgIpc) is 2.34. The van der Waals surface area contributed by atoms with Gasteiger partial charge in [0.15, 0.2) is 0 Å². The quantitative estimate of drug-likeness (QED) is 0.669. The molecule has 1 heterocycles. The van der Waals surface area contributed by atoms with Crippen LogP contribution in [0.5, 0.6) is 0 Å². The Morgan fingerprint density at radius 2 is 1.94 bits per heavy atom. The van der Waals surface area contributed by atoms with Gasteiger partial charge in [-0.2, -0.15) is 0 Å². The zero-order valence-corrected chi connectivity index (χ0v) is 11.8. The van der Waals surface area contributed by atoms with Crippen LogP contribution in [-0.4, -0.2) is 48.3 Å². The van der Waals surface area contributed by atoms with Crippen LogP contribution in [0.25, 0.3) is 0 Å². The summed E-state index contributed by atoms with van der Waals surface area (Å²) in [4.78, 5) is 2.54. The van der Waals surface area contributed by atoms with Crippen molar-refractivity contribution in [2.45, 2.75) is 58.6 Å². The Morgan fingerprint density at radius 3 is 2.47 bits per heavy atom. The average molecular weight is 242 g/mol. The van der Waals surface area contributed by atoms with E-state index in [1.165, 1.54) is 32.5 Å². The molecule has 3 heteroatoms. The van der Waals surface area contributed by atoms with Gasteiger partial charge in [-0.05, 0) is 71.6 Å². The molecule has 0 amide bonds. The molecule has 0 radical (unpaired) electrons. The Bertz CT molecular complexity index is 189. The summed E-state index contributed by atoms with van der Waals surface area (Å²) >= 11 is 0. The fourth-order valence-electron chi connectivity index (χ4n) is 2.66. The standard InChI is InChI=1S/C14H30N2O/c1-4-16-10-7-14(8-11-16)13(3)15-9-5-6-12(2)17/h12-15,17H,4-11H2,1-3H3. The lowest BCUT2D eigenvalue weighted by molar-refractivity contribution is 0.164. The smallest absolute Gasteiger partial charge is 0.0512 e. The van der Waals surface area contributed by atoms with Crippen molar-refractivity contribution in [1.29, 1.82) is 0 Å². The van der Waals surface area contributed by atoms with E-state index >= 15 is 0 Å². The number of aliphatic hydroxyl groups is 1. The minimum Gasteiger partial charge on any atom is -0.393 e. The lowest BCUT2D eigenvalue weighted by Gasteiger charge is -2.34. The first kappa shape index (κ1) is 14.9. The van der Waals surface area contributed by atoms with E-state index in [2.05, 4.69) is 24.1 Å². The highest BCUT2D eigenvalue weighted by Crippen LogP contribution is 2.20. The minimum absolute atomic E-state index is 0.153. The predicted molar refractivity (Wildman–Crippen MR) is 73.2 cm³/mol. The van der Waals surface area contributed by atoms with Crippen LogP contribution in [0, 0.1) is 5.92 Å². The highest BCUT2D eigenvalue weighted by atomic mass is 16.3. The van der Waals surface area contributed by atoms with E-state index in [-0.39, 0.29) is 6.10 Å². The zero-order valence-electron chi connectivity index (χ0n) is 11.8. The van der Waals surface area contributed by atoms with Crippen molar-refractivity contribution in [3.63, 3.8) is 0 Å². The van der Waals surface area contributed by atoms with E-state index in [1.54, 1.807) is 0 Å². The van der Waals surface area contributed by atoms with Crippen molar-refractivity contribution >= 4 is 0 Å². The maximum Gasteiger partial charge on any atom is 0.0512 e. The molecule has 0 aromatic heterocycles. The molecule has 0 aliphatic carbocycles. The fourth-order valence-corrected chi connectivity index (χ4v) is 2.66. The molecule has 1 rings (SSSR count). The van der Waals surface area contributed by atoms with Crippen LogP contribution in [0.4, 0.5) is 0 Å². The highest BCUT2D eigenvalue weighted by molar-refractivity contribution is 4.79. The van der Waals surface area contributed by atoms with Gasteiger partial charge < -0.3 is 15.3 Å². The van der Waals surface area contributed by atoms with Gasteiger partial charge in [-0.3, -0.25) is 0 Å². The van der Waals surface area contributed by atoms with Gasteiger partial charge in [0, 0.05) is 6.04 Å². The Labute approximate surface area is 107 Å². The second-order valence-electron chi connectivity index (χ2n) is 5.51. The molecule has 1 aliphatic rings. The number of nitrogens with one attached hydrogen (secondary N) is 1. The summed E-state index contributed by atoms with van der Waals surface area (Å²) in [6.07, 6.45) is 4.50. The van der Waals surface area contributed by atoms with Crippen LogP contribution in [-0.2, 0) is 0 Å². The van der Waals surface area contributed by atoms with E-state index in [0.717, 1.165) is 25.3 Å². The maximum absolute atomic E-state index is 9.19. The number of hydrogen-bond donors (Lipinski definition) is 2. The van der Waals surface area contributed by atoms with Crippen molar-refractivity contribution in [2.75, 3.05) is 26.2 Å². The van der Waals surface area contributed by atoms with Crippen LogP contribution < -0.4 is 5.32 Å². The van der Waals surface area contributed by atoms with Gasteiger partial charge >= 0.3 is 0 Å². The van der Waals surface area contributed by atoms with E-state index in [4.69, 9.17) is 0 Å². The molecule has 3 nitrogen and oxygen atoms in total. The fraction of sp³-hybridized carbons (Fsp3) is 1.00. The molecule has 1 fully saturated rings. The molecule has 0 bridgehead atoms. The molecule has 17 heavy (non-hydrogen) atoms. The first-order chi connectivity index (χ1) is 8.13. The second-order valence-corrected chi connectivity index (χ2v) is 5.51. The van der Waals surface area contributed by atoms with E-state index in [9.17, 15) is 5.11 Å². The van der Waals surface area contributed by atoms with Gasteiger partial charge in [-0.25, -0.2) is 0 Å². The predicted octanol–water partition coefficient (Wildman–Crippen LogP) is 1.86. The van der Waals surface area contributed by atoms with Crippen LogP contribution in [0.2, 0.25) is 0 Å². The van der Waals surface area contributed by atoms with Crippen LogP contribution in [0.3, 0.4) is 0 Å². The summed E-state index contributed by atoms with van der Waals surface area (Å²) in [5.41, 5.74) is 0. The second kappa shape index (κ2) is 8.06. The summed E-state index contributed by atoms with van der Waals surface area (Å²) in [7, 11) is 0. The Balaban J connectivity index is 2.09. The van der Waals surface area contributed by atoms with Crippen LogP contribution in [0.15, 0.2) is 0 Å². The Hall–Kier alpha value is -0.120. The first-order valence-corrected chi connectivity index (χ1v) is 7.27. The normalized spacial score (nSPS) is 22.6. The topological polar surface area (TPSA) is 35.5 Å². The third kappa shape index (κ3) is 5.84. The first-order valence-electron chi connectivity index (χ1n) is 7.27. The monoisotopic (exact) mass is 242 g/mol. The number of likely N-dealkylation sites (tertiary alicyclic amines) is 1. The summed E-state index contributed by atoms with van der Waals surface area (Å²) in [5.74, 6) is 0.837. The molecule has 1 aliphatic heterocycles. The molecule has 0 aromatic carbocycles. The molecule has 0 spiro atoms. The minimum atomic E-state index is -0.153. The van der Waals surface area contributed by atoms with Crippen LogP contribution >= 0.6 is 0 Å². The number of rotatable bonds is 7. The summed E-state index contributed by atoms with van der Waals surface area (Å²) in [6.45, 7) is 11.2. The van der Waals surface area contributed by atoms with Crippen molar-refractivity contribution in [3.8, 4) is 0 Å². The molecular formula is C14H30N2O. The van der Waals surface area contributed by atoms with Crippen LogP contribution in [0.1, 0.15) is 46.5 Å². The summed E-state index contributed by atoms with van der Waals surface area (Å²) in [5, 5.41) is 12.8. The van der Waals surface area contributed by atoms with Crippen molar-refractivity contribution in [2.24, 2.45) is 5.92 Å². The van der Waals surface area contributed by atoms with Gasteiger partial charge in [0.25, 0.3) is 0 Å². The maximum atomic E-state index is 9.19. The van der Waals surface area contributed by atoms with E-state index < -0.39 is 0 Å². The lowest BCUT2D eigenvalue weighted by atomic mass is 9.90. The molecule has 0 aromatic rings. The number of aliphatic hydroxyl groups excluding tert-OH is 1. The Kier molecular flexibility index (Phi) is 7.09. The van der Waals surface area contributed by atoms with Crippen molar-refractivity contribution in [1.82, 2.24) is 10.2 Å². The third-order valence-corrected chi connectivity index (χ3v) is 4.05. The largest absolute Gasteiger partial charge is 0.393 e.